The van der Waals surface area contributed by atoms with Crippen molar-refractivity contribution in [3.05, 3.63) is 164 Å². The second-order valence-corrected chi connectivity index (χ2v) is 12.0. The van der Waals surface area contributed by atoms with Gasteiger partial charge in [0.1, 0.15) is 22.3 Å². The Bertz CT molecular complexity index is 2810. The van der Waals surface area contributed by atoms with Crippen molar-refractivity contribution in [3.63, 3.8) is 0 Å². The Morgan fingerprint density at radius 1 is 0.362 bits per heavy atom. The Kier molecular flexibility index (Phi) is 5.57. The molecule has 3 heteroatoms. The van der Waals surface area contributed by atoms with Crippen LogP contribution in [-0.4, -0.2) is 0 Å². The van der Waals surface area contributed by atoms with E-state index >= 15 is 0 Å². The highest BCUT2D eigenvalue weighted by Crippen LogP contribution is 2.52. The van der Waals surface area contributed by atoms with Crippen molar-refractivity contribution in [2.45, 2.75) is 0 Å². The van der Waals surface area contributed by atoms with Gasteiger partial charge in [0.15, 0.2) is 0 Å². The SMILES string of the molecule is c1ccc(-c2c(N(c3ccc4oc5ccccc5c4c3)c3cccc4oc5ccccc5c34)c3ccccc3c3ccccc23)cc1. The van der Waals surface area contributed by atoms with Crippen LogP contribution in [0, 0.1) is 0 Å². The van der Waals surface area contributed by atoms with E-state index in [9.17, 15) is 0 Å². The van der Waals surface area contributed by atoms with Crippen LogP contribution in [0.2, 0.25) is 0 Å². The molecule has 3 nitrogen and oxygen atoms in total. The smallest absolute Gasteiger partial charge is 0.137 e. The van der Waals surface area contributed by atoms with Gasteiger partial charge in [-0.2, -0.15) is 0 Å². The lowest BCUT2D eigenvalue weighted by molar-refractivity contribution is 0.668. The number of hydrogen-bond donors (Lipinski definition) is 0. The minimum Gasteiger partial charge on any atom is -0.456 e. The Morgan fingerprint density at radius 2 is 0.915 bits per heavy atom. The molecule has 0 bridgehead atoms. The summed E-state index contributed by atoms with van der Waals surface area (Å²) in [6.45, 7) is 0. The number of para-hydroxylation sites is 2. The minimum absolute atomic E-state index is 0.856. The minimum atomic E-state index is 0.856. The zero-order valence-electron chi connectivity index (χ0n) is 25.4. The van der Waals surface area contributed by atoms with Gasteiger partial charge in [0.2, 0.25) is 0 Å². The number of rotatable bonds is 4. The number of hydrogen-bond acceptors (Lipinski definition) is 3. The van der Waals surface area contributed by atoms with Crippen molar-refractivity contribution in [3.8, 4) is 11.1 Å². The van der Waals surface area contributed by atoms with Crippen molar-refractivity contribution in [1.82, 2.24) is 0 Å². The largest absolute Gasteiger partial charge is 0.456 e. The highest BCUT2D eigenvalue weighted by molar-refractivity contribution is 6.24. The van der Waals surface area contributed by atoms with E-state index in [-0.39, 0.29) is 0 Å². The predicted octanol–water partition coefficient (Wildman–Crippen LogP) is 12.9. The van der Waals surface area contributed by atoms with Gasteiger partial charge in [-0.25, -0.2) is 0 Å². The first-order valence-corrected chi connectivity index (χ1v) is 15.9. The van der Waals surface area contributed by atoms with Crippen LogP contribution >= 0.6 is 0 Å². The molecule has 0 aliphatic carbocycles. The Hall–Kier alpha value is -6.32. The molecule has 8 aromatic carbocycles. The zero-order chi connectivity index (χ0) is 30.9. The highest BCUT2D eigenvalue weighted by atomic mass is 16.3. The third kappa shape index (κ3) is 3.87. The van der Waals surface area contributed by atoms with Crippen molar-refractivity contribution >= 4 is 82.5 Å². The van der Waals surface area contributed by atoms with Crippen LogP contribution in [0.4, 0.5) is 17.1 Å². The molecule has 2 aromatic heterocycles. The molecule has 0 aliphatic heterocycles. The van der Waals surface area contributed by atoms with Crippen molar-refractivity contribution < 1.29 is 8.83 Å². The maximum atomic E-state index is 6.46. The molecule has 0 N–H and O–H groups in total. The molecule has 220 valence electrons. The van der Waals surface area contributed by atoms with Gasteiger partial charge in [0, 0.05) is 32.8 Å². The third-order valence-electron chi connectivity index (χ3n) is 9.43. The lowest BCUT2D eigenvalue weighted by Gasteiger charge is -2.31. The quantitative estimate of drug-likeness (QED) is 0.188. The summed E-state index contributed by atoms with van der Waals surface area (Å²) in [4.78, 5) is 2.45. The third-order valence-corrected chi connectivity index (χ3v) is 9.43. The van der Waals surface area contributed by atoms with Crippen LogP contribution in [0.3, 0.4) is 0 Å². The summed E-state index contributed by atoms with van der Waals surface area (Å²) in [5, 5.41) is 9.17. The first-order valence-electron chi connectivity index (χ1n) is 15.9. The molecule has 0 aliphatic rings. The van der Waals surface area contributed by atoms with E-state index in [0.717, 1.165) is 66.5 Å². The van der Waals surface area contributed by atoms with E-state index in [4.69, 9.17) is 8.83 Å². The monoisotopic (exact) mass is 601 g/mol. The molecule has 0 saturated carbocycles. The van der Waals surface area contributed by atoms with Crippen LogP contribution in [0.1, 0.15) is 0 Å². The van der Waals surface area contributed by atoms with Crippen LogP contribution in [0.15, 0.2) is 173 Å². The molecule has 0 atom stereocenters. The fourth-order valence-electron chi connectivity index (χ4n) is 7.44. The fourth-order valence-corrected chi connectivity index (χ4v) is 7.44. The lowest BCUT2D eigenvalue weighted by atomic mass is 9.89. The van der Waals surface area contributed by atoms with Gasteiger partial charge in [-0.05, 0) is 64.2 Å². The summed E-state index contributed by atoms with van der Waals surface area (Å²) in [7, 11) is 0. The summed E-state index contributed by atoms with van der Waals surface area (Å²) in [6, 6.07) is 57.9. The number of benzene rings is 8. The van der Waals surface area contributed by atoms with Crippen LogP contribution < -0.4 is 4.90 Å². The molecule has 0 saturated heterocycles. The standard InChI is InChI=1S/C44H27NO2/c1-2-13-28(14-3-1)42-33-18-6-4-15-30(33)31-16-5-7-19-34(31)44(42)45(29-25-26-40-36(27-29)32-17-8-10-22-38(32)46-40)37-21-12-24-41-43(37)35-20-9-11-23-39(35)47-41/h1-27H. The molecular formula is C44H27NO2. The molecular weight excluding hydrogens is 574 g/mol. The highest BCUT2D eigenvalue weighted by Gasteiger charge is 2.26. The van der Waals surface area contributed by atoms with E-state index in [2.05, 4.69) is 144 Å². The molecule has 0 spiro atoms. The van der Waals surface area contributed by atoms with Crippen LogP contribution in [0.5, 0.6) is 0 Å². The van der Waals surface area contributed by atoms with Gasteiger partial charge in [0.05, 0.1) is 16.8 Å². The van der Waals surface area contributed by atoms with E-state index in [1.807, 2.05) is 24.3 Å². The summed E-state index contributed by atoms with van der Waals surface area (Å²) >= 11 is 0. The maximum Gasteiger partial charge on any atom is 0.137 e. The summed E-state index contributed by atoms with van der Waals surface area (Å²) in [5.74, 6) is 0. The molecule has 0 fully saturated rings. The number of furan rings is 2. The van der Waals surface area contributed by atoms with Gasteiger partial charge in [0.25, 0.3) is 0 Å². The molecule has 0 amide bonds. The van der Waals surface area contributed by atoms with Crippen molar-refractivity contribution in [1.29, 1.82) is 0 Å². The molecule has 2 heterocycles. The number of anilines is 3. The fraction of sp³-hybridized carbons (Fsp3) is 0. The lowest BCUT2D eigenvalue weighted by Crippen LogP contribution is -2.12. The molecule has 10 aromatic rings. The van der Waals surface area contributed by atoms with Gasteiger partial charge in [-0.1, -0.05) is 121 Å². The van der Waals surface area contributed by atoms with Gasteiger partial charge < -0.3 is 13.7 Å². The number of nitrogens with zero attached hydrogens (tertiary/aromatic N) is 1. The molecule has 10 rings (SSSR count). The average molecular weight is 602 g/mol. The zero-order valence-corrected chi connectivity index (χ0v) is 25.4. The maximum absolute atomic E-state index is 6.46. The Balaban J connectivity index is 1.42. The van der Waals surface area contributed by atoms with E-state index in [1.54, 1.807) is 0 Å². The van der Waals surface area contributed by atoms with E-state index < -0.39 is 0 Å². The van der Waals surface area contributed by atoms with E-state index in [1.165, 1.54) is 27.1 Å². The molecule has 47 heavy (non-hydrogen) atoms. The first kappa shape index (κ1) is 26.0. The number of fused-ring (bicyclic) bond motifs is 9. The second kappa shape index (κ2) is 10.1. The van der Waals surface area contributed by atoms with Gasteiger partial charge >= 0.3 is 0 Å². The van der Waals surface area contributed by atoms with Gasteiger partial charge in [-0.3, -0.25) is 0 Å². The topological polar surface area (TPSA) is 29.5 Å². The van der Waals surface area contributed by atoms with E-state index in [0.29, 0.717) is 0 Å². The van der Waals surface area contributed by atoms with Gasteiger partial charge in [-0.15, -0.1) is 0 Å². The Labute approximate surface area is 270 Å². The summed E-state index contributed by atoms with van der Waals surface area (Å²) in [5.41, 5.74) is 9.04. The summed E-state index contributed by atoms with van der Waals surface area (Å²) < 4.78 is 12.8. The van der Waals surface area contributed by atoms with Crippen LogP contribution in [0.25, 0.3) is 76.5 Å². The molecule has 0 unspecified atom stereocenters. The van der Waals surface area contributed by atoms with Crippen molar-refractivity contribution in [2.75, 3.05) is 4.90 Å². The second-order valence-electron chi connectivity index (χ2n) is 12.0. The summed E-state index contributed by atoms with van der Waals surface area (Å²) in [6.07, 6.45) is 0. The predicted molar refractivity (Wildman–Crippen MR) is 196 cm³/mol. The average Bonchev–Trinajstić information content (AvgIpc) is 3.71. The molecule has 0 radical (unpaired) electrons. The Morgan fingerprint density at radius 3 is 1.70 bits per heavy atom. The van der Waals surface area contributed by atoms with Crippen LogP contribution in [-0.2, 0) is 0 Å². The van der Waals surface area contributed by atoms with Crippen molar-refractivity contribution in [2.24, 2.45) is 0 Å². The first-order chi connectivity index (χ1) is 23.3. The normalized spacial score (nSPS) is 11.8.